The maximum Gasteiger partial charge on any atom is 0.254 e. The Morgan fingerprint density at radius 2 is 2.00 bits per heavy atom. The predicted octanol–water partition coefficient (Wildman–Crippen LogP) is 2.85. The van der Waals surface area contributed by atoms with Crippen LogP contribution in [-0.4, -0.2) is 35.1 Å². The van der Waals surface area contributed by atoms with Crippen LogP contribution in [0.15, 0.2) is 22.7 Å². The highest BCUT2D eigenvalue weighted by molar-refractivity contribution is 9.10. The summed E-state index contributed by atoms with van der Waals surface area (Å²) >= 11 is 3.40. The van der Waals surface area contributed by atoms with Crippen molar-refractivity contribution >= 4 is 21.8 Å². The average Bonchev–Trinajstić information content (AvgIpc) is 2.29. The molecule has 0 aliphatic carbocycles. The van der Waals surface area contributed by atoms with Crippen molar-refractivity contribution in [1.82, 2.24) is 4.90 Å². The molecule has 0 saturated heterocycles. The number of hydrogen-bond donors (Lipinski definition) is 1. The van der Waals surface area contributed by atoms with Gasteiger partial charge in [0.05, 0.1) is 6.10 Å². The number of rotatable bonds is 5. The Kier molecular flexibility index (Phi) is 5.82. The number of hydrogen-bond acceptors (Lipinski definition) is 2. The Morgan fingerprint density at radius 1 is 1.39 bits per heavy atom. The summed E-state index contributed by atoms with van der Waals surface area (Å²) in [6.07, 6.45) is 0.0319. The molecule has 0 aliphatic rings. The zero-order valence-corrected chi connectivity index (χ0v) is 12.7. The fourth-order valence-corrected chi connectivity index (χ4v) is 2.35. The van der Waals surface area contributed by atoms with E-state index in [1.165, 1.54) is 0 Å². The van der Waals surface area contributed by atoms with Crippen LogP contribution in [-0.2, 0) is 6.42 Å². The van der Waals surface area contributed by atoms with Crippen LogP contribution in [0, 0.1) is 0 Å². The van der Waals surface area contributed by atoms with E-state index in [4.69, 9.17) is 0 Å². The summed E-state index contributed by atoms with van der Waals surface area (Å²) in [6.45, 7) is 7.05. The minimum Gasteiger partial charge on any atom is -0.393 e. The summed E-state index contributed by atoms with van der Waals surface area (Å²) in [6, 6.07) is 5.59. The van der Waals surface area contributed by atoms with E-state index < -0.39 is 6.10 Å². The molecular weight excluding hydrogens is 294 g/mol. The number of aliphatic hydroxyl groups is 1. The zero-order valence-electron chi connectivity index (χ0n) is 11.1. The molecule has 1 N–H and O–H groups in total. The van der Waals surface area contributed by atoms with Crippen molar-refractivity contribution in [1.29, 1.82) is 0 Å². The lowest BCUT2D eigenvalue weighted by atomic mass is 10.0. The van der Waals surface area contributed by atoms with Crippen molar-refractivity contribution < 1.29 is 9.90 Å². The van der Waals surface area contributed by atoms with Crippen LogP contribution in [0.1, 0.15) is 36.7 Å². The largest absolute Gasteiger partial charge is 0.393 e. The number of carbonyl (C=O) groups excluding carboxylic acids is 1. The van der Waals surface area contributed by atoms with Gasteiger partial charge < -0.3 is 10.0 Å². The molecule has 0 fully saturated rings. The van der Waals surface area contributed by atoms with E-state index in [0.717, 1.165) is 10.0 Å². The van der Waals surface area contributed by atoms with Crippen molar-refractivity contribution in [3.8, 4) is 0 Å². The van der Waals surface area contributed by atoms with Gasteiger partial charge in [0.15, 0.2) is 0 Å². The number of aliphatic hydroxyl groups excluding tert-OH is 1. The maximum absolute atomic E-state index is 12.3. The fraction of sp³-hybridized carbons (Fsp3) is 0.500. The molecule has 3 nitrogen and oxygen atoms in total. The topological polar surface area (TPSA) is 40.5 Å². The van der Waals surface area contributed by atoms with Crippen molar-refractivity contribution in [2.45, 2.75) is 33.3 Å². The van der Waals surface area contributed by atoms with E-state index in [1.54, 1.807) is 11.8 Å². The molecule has 0 bridgehead atoms. The number of nitrogens with zero attached hydrogens (tertiary/aromatic N) is 1. The van der Waals surface area contributed by atoms with Crippen molar-refractivity contribution in [3.05, 3.63) is 33.8 Å². The van der Waals surface area contributed by atoms with E-state index >= 15 is 0 Å². The van der Waals surface area contributed by atoms with Crippen LogP contribution in [0.4, 0.5) is 0 Å². The molecule has 0 aromatic heterocycles. The SMILES string of the molecule is CCN(CC)C(=O)c1ccc(Br)cc1CC(C)O. The van der Waals surface area contributed by atoms with Gasteiger partial charge in [-0.25, -0.2) is 0 Å². The summed E-state index contributed by atoms with van der Waals surface area (Å²) in [5.41, 5.74) is 1.57. The Bertz CT molecular complexity index is 414. The van der Waals surface area contributed by atoms with Gasteiger partial charge in [0, 0.05) is 23.1 Å². The lowest BCUT2D eigenvalue weighted by Crippen LogP contribution is -2.31. The summed E-state index contributed by atoms with van der Waals surface area (Å²) < 4.78 is 0.925. The van der Waals surface area contributed by atoms with E-state index in [9.17, 15) is 9.90 Å². The first kappa shape index (κ1) is 15.2. The molecule has 1 amide bonds. The smallest absolute Gasteiger partial charge is 0.254 e. The number of benzene rings is 1. The second kappa shape index (κ2) is 6.90. The molecule has 1 atom stereocenters. The van der Waals surface area contributed by atoms with E-state index in [-0.39, 0.29) is 5.91 Å². The maximum atomic E-state index is 12.3. The molecule has 100 valence electrons. The second-order valence-corrected chi connectivity index (χ2v) is 5.25. The third kappa shape index (κ3) is 3.82. The van der Waals surface area contributed by atoms with Gasteiger partial charge in [0.2, 0.25) is 0 Å². The van der Waals surface area contributed by atoms with E-state index in [2.05, 4.69) is 15.9 Å². The predicted molar refractivity (Wildman–Crippen MR) is 76.8 cm³/mol. The quantitative estimate of drug-likeness (QED) is 0.908. The summed E-state index contributed by atoms with van der Waals surface area (Å²) in [4.78, 5) is 14.1. The van der Waals surface area contributed by atoms with Crippen LogP contribution < -0.4 is 0 Å². The first-order chi connectivity index (χ1) is 8.49. The van der Waals surface area contributed by atoms with Gasteiger partial charge in [0.25, 0.3) is 5.91 Å². The molecule has 0 radical (unpaired) electrons. The molecule has 1 rings (SSSR count). The molecule has 1 unspecified atom stereocenters. The summed E-state index contributed by atoms with van der Waals surface area (Å²) in [7, 11) is 0. The number of amides is 1. The van der Waals surface area contributed by atoms with Gasteiger partial charge in [0.1, 0.15) is 0 Å². The Morgan fingerprint density at radius 3 is 2.50 bits per heavy atom. The Hall–Kier alpha value is -0.870. The van der Waals surface area contributed by atoms with Gasteiger partial charge in [-0.3, -0.25) is 4.79 Å². The monoisotopic (exact) mass is 313 g/mol. The third-order valence-electron chi connectivity index (χ3n) is 2.86. The van der Waals surface area contributed by atoms with Crippen molar-refractivity contribution in [3.63, 3.8) is 0 Å². The van der Waals surface area contributed by atoms with Crippen LogP contribution >= 0.6 is 15.9 Å². The van der Waals surface area contributed by atoms with Gasteiger partial charge in [-0.2, -0.15) is 0 Å². The number of carbonyl (C=O) groups is 1. The average molecular weight is 314 g/mol. The van der Waals surface area contributed by atoms with Gasteiger partial charge >= 0.3 is 0 Å². The van der Waals surface area contributed by atoms with Crippen LogP contribution in [0.2, 0.25) is 0 Å². The Balaban J connectivity index is 3.10. The molecule has 18 heavy (non-hydrogen) atoms. The summed E-state index contributed by atoms with van der Waals surface area (Å²) in [5.74, 6) is 0.0307. The molecule has 1 aromatic rings. The van der Waals surface area contributed by atoms with E-state index in [0.29, 0.717) is 25.1 Å². The summed E-state index contributed by atoms with van der Waals surface area (Å²) in [5, 5.41) is 9.52. The van der Waals surface area contributed by atoms with Crippen molar-refractivity contribution in [2.24, 2.45) is 0 Å². The second-order valence-electron chi connectivity index (χ2n) is 4.33. The molecule has 0 saturated carbocycles. The van der Waals surface area contributed by atoms with Gasteiger partial charge in [-0.05, 0) is 51.0 Å². The van der Waals surface area contributed by atoms with Crippen molar-refractivity contribution in [2.75, 3.05) is 13.1 Å². The molecular formula is C14H20BrNO2. The molecule has 0 heterocycles. The normalized spacial score (nSPS) is 12.3. The molecule has 0 spiro atoms. The number of halogens is 1. The van der Waals surface area contributed by atoms with E-state index in [1.807, 2.05) is 32.0 Å². The van der Waals surface area contributed by atoms with Gasteiger partial charge in [-0.15, -0.1) is 0 Å². The first-order valence-electron chi connectivity index (χ1n) is 6.25. The van der Waals surface area contributed by atoms with Crippen LogP contribution in [0.25, 0.3) is 0 Å². The van der Waals surface area contributed by atoms with Gasteiger partial charge in [-0.1, -0.05) is 15.9 Å². The zero-order chi connectivity index (χ0) is 13.7. The first-order valence-corrected chi connectivity index (χ1v) is 7.04. The minimum atomic E-state index is -0.456. The van der Waals surface area contributed by atoms with Crippen LogP contribution in [0.5, 0.6) is 0 Å². The standard InChI is InChI=1S/C14H20BrNO2/c1-4-16(5-2)14(18)13-7-6-12(15)9-11(13)8-10(3)17/h6-7,9-10,17H,4-5,8H2,1-3H3. The molecule has 0 aliphatic heterocycles. The minimum absolute atomic E-state index is 0.0307. The Labute approximate surface area is 117 Å². The lowest BCUT2D eigenvalue weighted by molar-refractivity contribution is 0.0771. The van der Waals surface area contributed by atoms with Crippen LogP contribution in [0.3, 0.4) is 0 Å². The molecule has 4 heteroatoms. The fourth-order valence-electron chi connectivity index (χ4n) is 1.94. The highest BCUT2D eigenvalue weighted by atomic mass is 79.9. The highest BCUT2D eigenvalue weighted by Crippen LogP contribution is 2.20. The third-order valence-corrected chi connectivity index (χ3v) is 3.36. The highest BCUT2D eigenvalue weighted by Gasteiger charge is 2.17. The molecule has 1 aromatic carbocycles. The lowest BCUT2D eigenvalue weighted by Gasteiger charge is -2.21.